The lowest BCUT2D eigenvalue weighted by Gasteiger charge is -2.36. The van der Waals surface area contributed by atoms with Gasteiger partial charge in [-0.05, 0) is 31.5 Å². The van der Waals surface area contributed by atoms with Crippen LogP contribution in [0.2, 0.25) is 0 Å². The lowest BCUT2D eigenvalue weighted by Crippen LogP contribution is -2.50. The summed E-state index contributed by atoms with van der Waals surface area (Å²) in [6.07, 6.45) is 4.49. The van der Waals surface area contributed by atoms with Crippen molar-refractivity contribution in [3.8, 4) is 0 Å². The molecule has 2 rings (SSSR count). The third kappa shape index (κ3) is 4.82. The highest BCUT2D eigenvalue weighted by molar-refractivity contribution is 7.88. The molecule has 0 radical (unpaired) electrons. The molecule has 0 aliphatic carbocycles. The highest BCUT2D eigenvalue weighted by Gasteiger charge is 2.28. The molecule has 1 aliphatic rings. The normalized spacial score (nSPS) is 20.2. The maximum absolute atomic E-state index is 12.0. The Morgan fingerprint density at radius 1 is 1.55 bits per heavy atom. The van der Waals surface area contributed by atoms with Crippen LogP contribution in [0.1, 0.15) is 18.6 Å². The Kier molecular flexibility index (Phi) is 5.60. The molecule has 1 unspecified atom stereocenters. The third-order valence-corrected chi connectivity index (χ3v) is 5.27. The maximum atomic E-state index is 12.0. The van der Waals surface area contributed by atoms with Gasteiger partial charge >= 0.3 is 0 Å². The Bertz CT molecular complexity index is 585. The molecule has 0 spiro atoms. The second-order valence-corrected chi connectivity index (χ2v) is 7.71. The van der Waals surface area contributed by atoms with Crippen LogP contribution in [0.4, 0.5) is 0 Å². The van der Waals surface area contributed by atoms with Crippen LogP contribution in [-0.2, 0) is 21.4 Å². The summed E-state index contributed by atoms with van der Waals surface area (Å²) >= 11 is 0. The van der Waals surface area contributed by atoms with Crippen molar-refractivity contribution in [2.24, 2.45) is 0 Å². The zero-order chi connectivity index (χ0) is 16.2. The Hall–Kier alpha value is -1.38. The molecular formula is C14H23N3O4S. The lowest BCUT2D eigenvalue weighted by atomic mass is 10.1. The van der Waals surface area contributed by atoms with Crippen LogP contribution < -0.4 is 5.32 Å². The molecule has 1 aromatic rings. The fourth-order valence-corrected chi connectivity index (χ4v) is 3.31. The molecule has 124 valence electrons. The first-order valence-corrected chi connectivity index (χ1v) is 9.15. The van der Waals surface area contributed by atoms with Crippen LogP contribution >= 0.6 is 0 Å². The molecule has 0 aromatic carbocycles. The standard InChI is InChI=1S/C14H23N3O4S/c1-16(22(2,19)20)12-5-3-7-17(10-12)11-14(18)15-9-13-6-4-8-21-13/h4,6,8,12H,3,5,7,9-11H2,1-2H3,(H,15,18). The molecule has 0 bridgehead atoms. The van der Waals surface area contributed by atoms with Crippen LogP contribution in [0.15, 0.2) is 22.8 Å². The first-order valence-electron chi connectivity index (χ1n) is 7.30. The minimum absolute atomic E-state index is 0.0679. The van der Waals surface area contributed by atoms with E-state index in [4.69, 9.17) is 4.42 Å². The fourth-order valence-electron chi connectivity index (χ4n) is 2.60. The lowest BCUT2D eigenvalue weighted by molar-refractivity contribution is -0.122. The Balaban J connectivity index is 1.81. The second-order valence-electron chi connectivity index (χ2n) is 5.67. The first-order chi connectivity index (χ1) is 10.4. The first kappa shape index (κ1) is 17.0. The summed E-state index contributed by atoms with van der Waals surface area (Å²) in [4.78, 5) is 13.9. The summed E-state index contributed by atoms with van der Waals surface area (Å²) in [7, 11) is -1.60. The van der Waals surface area contributed by atoms with E-state index in [1.807, 2.05) is 4.90 Å². The number of nitrogens with zero attached hydrogens (tertiary/aromatic N) is 2. The van der Waals surface area contributed by atoms with Gasteiger partial charge in [-0.25, -0.2) is 12.7 Å². The number of likely N-dealkylation sites (N-methyl/N-ethyl adjacent to an activating group) is 1. The molecule has 1 aromatic heterocycles. The largest absolute Gasteiger partial charge is 0.467 e. The molecule has 22 heavy (non-hydrogen) atoms. The summed E-state index contributed by atoms with van der Waals surface area (Å²) in [5, 5.41) is 2.80. The molecule has 1 atom stereocenters. The van der Waals surface area contributed by atoms with Crippen molar-refractivity contribution in [3.63, 3.8) is 0 Å². The zero-order valence-electron chi connectivity index (χ0n) is 13.0. The molecular weight excluding hydrogens is 306 g/mol. The van der Waals surface area contributed by atoms with E-state index < -0.39 is 10.0 Å². The van der Waals surface area contributed by atoms with Gasteiger partial charge in [0, 0.05) is 19.6 Å². The van der Waals surface area contributed by atoms with Crippen molar-refractivity contribution >= 4 is 15.9 Å². The van der Waals surface area contributed by atoms with Crippen LogP contribution in [0.3, 0.4) is 0 Å². The topological polar surface area (TPSA) is 82.9 Å². The van der Waals surface area contributed by atoms with Gasteiger partial charge in [-0.2, -0.15) is 0 Å². The Labute approximate surface area is 131 Å². The number of hydrogen-bond acceptors (Lipinski definition) is 5. The van der Waals surface area contributed by atoms with Gasteiger partial charge in [-0.15, -0.1) is 0 Å². The number of nitrogens with one attached hydrogen (secondary N) is 1. The number of carbonyl (C=O) groups excluding carboxylic acids is 1. The van der Waals surface area contributed by atoms with Gasteiger partial charge in [-0.3, -0.25) is 9.69 Å². The van der Waals surface area contributed by atoms with E-state index in [9.17, 15) is 13.2 Å². The number of rotatable bonds is 6. The third-order valence-electron chi connectivity index (χ3n) is 3.93. The SMILES string of the molecule is CN(C1CCCN(CC(=O)NCc2ccco2)C1)S(C)(=O)=O. The summed E-state index contributed by atoms with van der Waals surface area (Å²) in [6.45, 7) is 2.03. The number of piperidine rings is 1. The van der Waals surface area contributed by atoms with E-state index in [0.717, 1.165) is 19.4 Å². The van der Waals surface area contributed by atoms with Gasteiger partial charge in [0.25, 0.3) is 0 Å². The van der Waals surface area contributed by atoms with Crippen molar-refractivity contribution in [2.45, 2.75) is 25.4 Å². The molecule has 1 saturated heterocycles. The number of furan rings is 1. The summed E-state index contributed by atoms with van der Waals surface area (Å²) in [5.41, 5.74) is 0. The van der Waals surface area contributed by atoms with Crippen molar-refractivity contribution in [1.29, 1.82) is 0 Å². The molecule has 8 heteroatoms. The van der Waals surface area contributed by atoms with Crippen LogP contribution in [0, 0.1) is 0 Å². The number of carbonyl (C=O) groups is 1. The number of hydrogen-bond donors (Lipinski definition) is 1. The molecule has 1 amide bonds. The van der Waals surface area contributed by atoms with E-state index in [-0.39, 0.29) is 18.5 Å². The van der Waals surface area contributed by atoms with Gasteiger partial charge in [-0.1, -0.05) is 0 Å². The maximum Gasteiger partial charge on any atom is 0.234 e. The van der Waals surface area contributed by atoms with Gasteiger partial charge in [0.15, 0.2) is 0 Å². The van der Waals surface area contributed by atoms with E-state index in [0.29, 0.717) is 18.8 Å². The minimum Gasteiger partial charge on any atom is -0.467 e. The smallest absolute Gasteiger partial charge is 0.234 e. The summed E-state index contributed by atoms with van der Waals surface area (Å²) < 4.78 is 29.8. The van der Waals surface area contributed by atoms with Crippen molar-refractivity contribution in [1.82, 2.24) is 14.5 Å². The summed E-state index contributed by atoms with van der Waals surface area (Å²) in [5.74, 6) is 0.626. The highest BCUT2D eigenvalue weighted by atomic mass is 32.2. The second kappa shape index (κ2) is 7.26. The van der Waals surface area contributed by atoms with Gasteiger partial charge in [0.1, 0.15) is 5.76 Å². The predicted molar refractivity (Wildman–Crippen MR) is 82.6 cm³/mol. The van der Waals surface area contributed by atoms with Crippen LogP contribution in [0.25, 0.3) is 0 Å². The van der Waals surface area contributed by atoms with E-state index >= 15 is 0 Å². The number of likely N-dealkylation sites (tertiary alicyclic amines) is 1. The van der Waals surface area contributed by atoms with Gasteiger partial charge in [0.2, 0.25) is 15.9 Å². The van der Waals surface area contributed by atoms with Crippen molar-refractivity contribution < 1.29 is 17.6 Å². The fraction of sp³-hybridized carbons (Fsp3) is 0.643. The Morgan fingerprint density at radius 2 is 2.32 bits per heavy atom. The predicted octanol–water partition coefficient (Wildman–Crippen LogP) is 0.252. The van der Waals surface area contributed by atoms with E-state index in [2.05, 4.69) is 5.32 Å². The molecule has 0 saturated carbocycles. The minimum atomic E-state index is -3.20. The number of amides is 1. The van der Waals surface area contributed by atoms with Crippen molar-refractivity contribution in [2.75, 3.05) is 32.9 Å². The quantitative estimate of drug-likeness (QED) is 0.809. The number of sulfonamides is 1. The average Bonchev–Trinajstić information content (AvgIpc) is 2.97. The van der Waals surface area contributed by atoms with Crippen LogP contribution in [-0.4, -0.2) is 62.5 Å². The molecule has 1 aliphatic heterocycles. The van der Waals surface area contributed by atoms with Crippen LogP contribution in [0.5, 0.6) is 0 Å². The van der Waals surface area contributed by atoms with E-state index in [1.165, 1.54) is 10.6 Å². The van der Waals surface area contributed by atoms with E-state index in [1.54, 1.807) is 25.4 Å². The Morgan fingerprint density at radius 3 is 2.95 bits per heavy atom. The van der Waals surface area contributed by atoms with Crippen molar-refractivity contribution in [3.05, 3.63) is 24.2 Å². The average molecular weight is 329 g/mol. The highest BCUT2D eigenvalue weighted by Crippen LogP contribution is 2.16. The molecule has 7 nitrogen and oxygen atoms in total. The molecule has 1 fully saturated rings. The summed E-state index contributed by atoms with van der Waals surface area (Å²) in [6, 6.07) is 3.51. The van der Waals surface area contributed by atoms with Gasteiger partial charge in [0.05, 0.1) is 25.6 Å². The zero-order valence-corrected chi connectivity index (χ0v) is 13.8. The molecule has 2 heterocycles. The monoisotopic (exact) mass is 329 g/mol. The van der Waals surface area contributed by atoms with Gasteiger partial charge < -0.3 is 9.73 Å². The molecule has 1 N–H and O–H groups in total.